The van der Waals surface area contributed by atoms with Crippen molar-refractivity contribution in [2.24, 2.45) is 0 Å². The van der Waals surface area contributed by atoms with Crippen LogP contribution in [-0.2, 0) is 6.42 Å². The first-order valence-electron chi connectivity index (χ1n) is 6.76. The maximum absolute atomic E-state index is 5.90. The molecule has 1 aromatic carbocycles. The molecule has 1 aliphatic rings. The molecule has 0 amide bonds. The van der Waals surface area contributed by atoms with Crippen LogP contribution < -0.4 is 15.4 Å². The van der Waals surface area contributed by atoms with Crippen molar-refractivity contribution < 1.29 is 4.74 Å². The van der Waals surface area contributed by atoms with E-state index in [1.54, 1.807) is 0 Å². The minimum absolute atomic E-state index is 0.153. The third-order valence-electron chi connectivity index (χ3n) is 3.41. The van der Waals surface area contributed by atoms with Gasteiger partial charge in [0.05, 0.1) is 6.54 Å². The molecule has 0 saturated heterocycles. The van der Waals surface area contributed by atoms with Crippen LogP contribution in [0.15, 0.2) is 30.5 Å². The smallest absolute Gasteiger partial charge is 0.224 e. The Kier molecular flexibility index (Phi) is 3.41. The van der Waals surface area contributed by atoms with Gasteiger partial charge in [0.1, 0.15) is 17.7 Å². The largest absolute Gasteiger partial charge is 0.488 e. The molecule has 0 spiro atoms. The first-order valence-corrected chi connectivity index (χ1v) is 6.76. The Hall–Kier alpha value is -2.30. The number of nitrogens with one attached hydrogen (secondary N) is 2. The lowest BCUT2D eigenvalue weighted by Gasteiger charge is -2.14. The summed E-state index contributed by atoms with van der Waals surface area (Å²) in [5, 5.41) is 6.29. The predicted octanol–water partition coefficient (Wildman–Crippen LogP) is 2.24. The van der Waals surface area contributed by atoms with Gasteiger partial charge < -0.3 is 15.4 Å². The summed E-state index contributed by atoms with van der Waals surface area (Å²) < 4.78 is 5.90. The summed E-state index contributed by atoms with van der Waals surface area (Å²) in [5.41, 5.74) is 2.30. The van der Waals surface area contributed by atoms with Crippen molar-refractivity contribution in [3.8, 4) is 5.75 Å². The zero-order valence-corrected chi connectivity index (χ0v) is 11.7. The summed E-state index contributed by atoms with van der Waals surface area (Å²) >= 11 is 0. The van der Waals surface area contributed by atoms with E-state index in [0.717, 1.165) is 30.1 Å². The second-order valence-corrected chi connectivity index (χ2v) is 4.91. The number of benzene rings is 1. The van der Waals surface area contributed by atoms with Crippen LogP contribution in [0.4, 0.5) is 11.8 Å². The lowest BCUT2D eigenvalue weighted by atomic mass is 10.1. The Balaban J connectivity index is 1.64. The van der Waals surface area contributed by atoms with Gasteiger partial charge in [-0.1, -0.05) is 18.2 Å². The summed E-state index contributed by atoms with van der Waals surface area (Å²) in [7, 11) is 1.81. The Morgan fingerprint density at radius 3 is 3.00 bits per heavy atom. The fourth-order valence-electron chi connectivity index (χ4n) is 2.32. The van der Waals surface area contributed by atoms with E-state index in [0.29, 0.717) is 5.95 Å². The van der Waals surface area contributed by atoms with Crippen LogP contribution in [0.25, 0.3) is 0 Å². The molecule has 2 heterocycles. The van der Waals surface area contributed by atoms with Crippen LogP contribution in [0, 0.1) is 6.92 Å². The summed E-state index contributed by atoms with van der Waals surface area (Å²) in [5.74, 6) is 2.47. The van der Waals surface area contributed by atoms with Crippen molar-refractivity contribution in [2.75, 3.05) is 24.2 Å². The molecule has 0 radical (unpaired) electrons. The normalized spacial score (nSPS) is 16.4. The van der Waals surface area contributed by atoms with Gasteiger partial charge in [-0.15, -0.1) is 0 Å². The van der Waals surface area contributed by atoms with Gasteiger partial charge in [0, 0.05) is 25.2 Å². The fraction of sp³-hybridized carbons (Fsp3) is 0.333. The number of para-hydroxylation sites is 1. The highest BCUT2D eigenvalue weighted by atomic mass is 16.5. The van der Waals surface area contributed by atoms with Crippen LogP contribution in [0.3, 0.4) is 0 Å². The quantitative estimate of drug-likeness (QED) is 0.892. The van der Waals surface area contributed by atoms with Crippen molar-refractivity contribution >= 4 is 11.8 Å². The molecule has 5 nitrogen and oxygen atoms in total. The molecule has 0 bridgehead atoms. The van der Waals surface area contributed by atoms with E-state index < -0.39 is 0 Å². The minimum Gasteiger partial charge on any atom is -0.488 e. The molecular formula is C15H18N4O. The van der Waals surface area contributed by atoms with Crippen molar-refractivity contribution in [3.05, 3.63) is 41.6 Å². The van der Waals surface area contributed by atoms with E-state index in [9.17, 15) is 0 Å². The Bertz CT molecular complexity index is 590. The molecule has 0 fully saturated rings. The molecule has 20 heavy (non-hydrogen) atoms. The van der Waals surface area contributed by atoms with Crippen LogP contribution >= 0.6 is 0 Å². The van der Waals surface area contributed by atoms with Gasteiger partial charge in [0.25, 0.3) is 0 Å². The lowest BCUT2D eigenvalue weighted by Crippen LogP contribution is -2.24. The second-order valence-electron chi connectivity index (χ2n) is 4.91. The van der Waals surface area contributed by atoms with E-state index in [1.165, 1.54) is 5.56 Å². The SMILES string of the molecule is CNc1ncc(C)c(NCC2Cc3ccccc3O2)n1. The molecule has 1 atom stereocenters. The molecule has 0 aliphatic carbocycles. The van der Waals surface area contributed by atoms with Crippen LogP contribution in [0.5, 0.6) is 5.75 Å². The third kappa shape index (κ3) is 2.52. The summed E-state index contributed by atoms with van der Waals surface area (Å²) in [6.07, 6.45) is 2.90. The number of fused-ring (bicyclic) bond motifs is 1. The van der Waals surface area contributed by atoms with Crippen LogP contribution in [-0.4, -0.2) is 29.7 Å². The van der Waals surface area contributed by atoms with Crippen LogP contribution in [0.2, 0.25) is 0 Å². The van der Waals surface area contributed by atoms with Crippen molar-refractivity contribution in [1.29, 1.82) is 0 Å². The highest BCUT2D eigenvalue weighted by Crippen LogP contribution is 2.28. The van der Waals surface area contributed by atoms with Crippen molar-refractivity contribution in [1.82, 2.24) is 9.97 Å². The van der Waals surface area contributed by atoms with Crippen molar-refractivity contribution in [3.63, 3.8) is 0 Å². The zero-order chi connectivity index (χ0) is 13.9. The molecule has 1 aliphatic heterocycles. The van der Waals surface area contributed by atoms with Gasteiger partial charge in [0.15, 0.2) is 0 Å². The van der Waals surface area contributed by atoms with E-state index in [2.05, 4.69) is 26.7 Å². The standard InChI is InChI=1S/C15H18N4O/c1-10-8-18-15(16-2)19-14(10)17-9-12-7-11-5-3-4-6-13(11)20-12/h3-6,8,12H,7,9H2,1-2H3,(H2,16,17,18,19). The third-order valence-corrected chi connectivity index (χ3v) is 3.41. The van der Waals surface area contributed by atoms with E-state index in [-0.39, 0.29) is 6.10 Å². The number of aryl methyl sites for hydroxylation is 1. The highest BCUT2D eigenvalue weighted by Gasteiger charge is 2.22. The summed E-state index contributed by atoms with van der Waals surface area (Å²) in [6.45, 7) is 2.72. The topological polar surface area (TPSA) is 59.1 Å². The number of hydrogen-bond acceptors (Lipinski definition) is 5. The Morgan fingerprint density at radius 1 is 1.35 bits per heavy atom. The summed E-state index contributed by atoms with van der Waals surface area (Å²) in [4.78, 5) is 8.59. The molecule has 1 aromatic heterocycles. The molecule has 104 valence electrons. The molecule has 2 N–H and O–H groups in total. The van der Waals surface area contributed by atoms with E-state index in [4.69, 9.17) is 4.74 Å². The maximum atomic E-state index is 5.90. The van der Waals surface area contributed by atoms with E-state index in [1.807, 2.05) is 38.4 Å². The van der Waals surface area contributed by atoms with Gasteiger partial charge in [0.2, 0.25) is 5.95 Å². The lowest BCUT2D eigenvalue weighted by molar-refractivity contribution is 0.246. The number of aromatic nitrogens is 2. The molecule has 5 heteroatoms. The van der Waals surface area contributed by atoms with Gasteiger partial charge in [-0.3, -0.25) is 0 Å². The molecule has 2 aromatic rings. The number of nitrogens with zero attached hydrogens (tertiary/aromatic N) is 2. The number of anilines is 2. The fourth-order valence-corrected chi connectivity index (χ4v) is 2.32. The average Bonchev–Trinajstić information content (AvgIpc) is 2.89. The molecule has 1 unspecified atom stereocenters. The number of rotatable bonds is 4. The second kappa shape index (κ2) is 5.36. The first kappa shape index (κ1) is 12.7. The average molecular weight is 270 g/mol. The Labute approximate surface area is 118 Å². The highest BCUT2D eigenvalue weighted by molar-refractivity contribution is 5.46. The minimum atomic E-state index is 0.153. The first-order chi connectivity index (χ1) is 9.76. The zero-order valence-electron chi connectivity index (χ0n) is 11.7. The van der Waals surface area contributed by atoms with Crippen LogP contribution in [0.1, 0.15) is 11.1 Å². The predicted molar refractivity (Wildman–Crippen MR) is 79.4 cm³/mol. The van der Waals surface area contributed by atoms with Gasteiger partial charge >= 0.3 is 0 Å². The van der Waals surface area contributed by atoms with Gasteiger partial charge in [-0.25, -0.2) is 4.98 Å². The van der Waals surface area contributed by atoms with Gasteiger partial charge in [-0.05, 0) is 18.6 Å². The van der Waals surface area contributed by atoms with E-state index >= 15 is 0 Å². The molecular weight excluding hydrogens is 252 g/mol. The van der Waals surface area contributed by atoms with Gasteiger partial charge in [-0.2, -0.15) is 4.98 Å². The molecule has 3 rings (SSSR count). The maximum Gasteiger partial charge on any atom is 0.224 e. The molecule has 0 saturated carbocycles. The number of ether oxygens (including phenoxy) is 1. The Morgan fingerprint density at radius 2 is 2.20 bits per heavy atom. The monoisotopic (exact) mass is 270 g/mol. The number of hydrogen-bond donors (Lipinski definition) is 2. The summed E-state index contributed by atoms with van der Waals surface area (Å²) in [6, 6.07) is 8.18. The van der Waals surface area contributed by atoms with Crippen molar-refractivity contribution in [2.45, 2.75) is 19.4 Å².